The number of fused-ring (bicyclic) bond motifs is 2. The first-order chi connectivity index (χ1) is 13.1. The molecule has 27 heavy (non-hydrogen) atoms. The molecule has 1 aliphatic rings. The van der Waals surface area contributed by atoms with Crippen LogP contribution >= 0.6 is 0 Å². The molecule has 1 unspecified atom stereocenters. The van der Waals surface area contributed by atoms with Crippen LogP contribution < -0.4 is 10.6 Å². The van der Waals surface area contributed by atoms with Crippen LogP contribution in [-0.2, 0) is 11.3 Å². The van der Waals surface area contributed by atoms with Crippen molar-refractivity contribution in [1.82, 2.24) is 14.9 Å². The molecule has 2 aromatic carbocycles. The molecule has 3 aromatic rings. The van der Waals surface area contributed by atoms with Crippen molar-refractivity contribution >= 4 is 28.5 Å². The van der Waals surface area contributed by atoms with Gasteiger partial charge < -0.3 is 20.3 Å². The van der Waals surface area contributed by atoms with E-state index < -0.39 is 0 Å². The monoisotopic (exact) mass is 364 g/mol. The Morgan fingerprint density at radius 1 is 1.30 bits per heavy atom. The lowest BCUT2D eigenvalue weighted by atomic mass is 10.0. The van der Waals surface area contributed by atoms with Gasteiger partial charge in [-0.25, -0.2) is 4.98 Å². The van der Waals surface area contributed by atoms with Gasteiger partial charge in [-0.2, -0.15) is 0 Å². The zero-order valence-corrected chi connectivity index (χ0v) is 14.9. The number of aromatic nitrogens is 2. The van der Waals surface area contributed by atoms with Crippen LogP contribution in [-0.4, -0.2) is 33.1 Å². The Kier molecular flexibility index (Phi) is 4.37. The Morgan fingerprint density at radius 3 is 2.93 bits per heavy atom. The molecule has 7 nitrogen and oxygen atoms in total. The van der Waals surface area contributed by atoms with Crippen molar-refractivity contribution in [3.05, 3.63) is 59.4 Å². The number of carbonyl (C=O) groups is 2. The third kappa shape index (κ3) is 3.17. The highest BCUT2D eigenvalue weighted by Crippen LogP contribution is 2.28. The minimum absolute atomic E-state index is 0.0410. The van der Waals surface area contributed by atoms with Crippen LogP contribution in [0.3, 0.4) is 0 Å². The first-order valence-electron chi connectivity index (χ1n) is 8.84. The van der Waals surface area contributed by atoms with E-state index in [9.17, 15) is 14.7 Å². The van der Waals surface area contributed by atoms with Crippen molar-refractivity contribution in [2.75, 3.05) is 11.9 Å². The number of hydrogen-bond acceptors (Lipinski definition) is 4. The quantitative estimate of drug-likeness (QED) is 0.646. The average molecular weight is 364 g/mol. The Balaban J connectivity index is 1.50. The largest absolute Gasteiger partial charge is 0.395 e. The van der Waals surface area contributed by atoms with Crippen molar-refractivity contribution in [3.63, 3.8) is 0 Å². The maximum Gasteiger partial charge on any atom is 0.252 e. The SMILES string of the molecule is Cc1nc2cc(NC(=O)CC3NC(=O)c4ccccc43)ccc2n1CCO. The molecule has 4 rings (SSSR count). The molecule has 1 atom stereocenters. The highest BCUT2D eigenvalue weighted by atomic mass is 16.3. The van der Waals surface area contributed by atoms with Gasteiger partial charge in [0.2, 0.25) is 5.91 Å². The van der Waals surface area contributed by atoms with E-state index in [2.05, 4.69) is 15.6 Å². The van der Waals surface area contributed by atoms with Crippen molar-refractivity contribution in [1.29, 1.82) is 0 Å². The Labute approximate surface area is 156 Å². The van der Waals surface area contributed by atoms with Gasteiger partial charge in [0.25, 0.3) is 5.91 Å². The number of nitrogens with zero attached hydrogens (tertiary/aromatic N) is 2. The minimum Gasteiger partial charge on any atom is -0.395 e. The van der Waals surface area contributed by atoms with Crippen molar-refractivity contribution < 1.29 is 14.7 Å². The summed E-state index contributed by atoms with van der Waals surface area (Å²) in [6, 6.07) is 12.5. The summed E-state index contributed by atoms with van der Waals surface area (Å²) in [5, 5.41) is 14.9. The molecule has 0 saturated heterocycles. The molecule has 0 fully saturated rings. The Bertz CT molecular complexity index is 1040. The van der Waals surface area contributed by atoms with Gasteiger partial charge in [-0.15, -0.1) is 0 Å². The summed E-state index contributed by atoms with van der Waals surface area (Å²) >= 11 is 0. The van der Waals surface area contributed by atoms with Gasteiger partial charge in [0.15, 0.2) is 0 Å². The van der Waals surface area contributed by atoms with E-state index in [0.29, 0.717) is 17.8 Å². The molecule has 0 aliphatic carbocycles. The molecule has 138 valence electrons. The summed E-state index contributed by atoms with van der Waals surface area (Å²) in [6.07, 6.45) is 0.165. The minimum atomic E-state index is -0.316. The van der Waals surface area contributed by atoms with Crippen molar-refractivity contribution in [2.45, 2.75) is 25.9 Å². The lowest BCUT2D eigenvalue weighted by Gasteiger charge is -2.12. The third-order valence-corrected chi connectivity index (χ3v) is 4.82. The summed E-state index contributed by atoms with van der Waals surface area (Å²) in [7, 11) is 0. The lowest BCUT2D eigenvalue weighted by Crippen LogP contribution is -2.24. The van der Waals surface area contributed by atoms with Gasteiger partial charge in [0.1, 0.15) is 5.82 Å². The Hall–Kier alpha value is -3.19. The van der Waals surface area contributed by atoms with Crippen LogP contribution in [0.5, 0.6) is 0 Å². The van der Waals surface area contributed by atoms with Gasteiger partial charge in [-0.05, 0) is 36.8 Å². The first kappa shape index (κ1) is 17.2. The number of amides is 2. The second kappa shape index (κ2) is 6.85. The second-order valence-corrected chi connectivity index (χ2v) is 6.60. The van der Waals surface area contributed by atoms with E-state index in [-0.39, 0.29) is 30.9 Å². The van der Waals surface area contributed by atoms with Crippen LogP contribution in [0.25, 0.3) is 11.0 Å². The molecule has 2 amide bonds. The van der Waals surface area contributed by atoms with E-state index in [1.807, 2.05) is 47.9 Å². The number of aliphatic hydroxyl groups is 1. The number of rotatable bonds is 5. The molecule has 0 saturated carbocycles. The van der Waals surface area contributed by atoms with E-state index in [1.165, 1.54) is 0 Å². The van der Waals surface area contributed by atoms with E-state index in [0.717, 1.165) is 22.4 Å². The maximum atomic E-state index is 12.5. The van der Waals surface area contributed by atoms with Crippen LogP contribution in [0.15, 0.2) is 42.5 Å². The highest BCUT2D eigenvalue weighted by Gasteiger charge is 2.29. The molecule has 2 heterocycles. The van der Waals surface area contributed by atoms with E-state index >= 15 is 0 Å². The number of imidazole rings is 1. The molecular formula is C20H20N4O3. The number of benzene rings is 2. The summed E-state index contributed by atoms with van der Waals surface area (Å²) in [5.41, 5.74) is 3.81. The molecule has 0 spiro atoms. The smallest absolute Gasteiger partial charge is 0.252 e. The molecule has 1 aliphatic heterocycles. The van der Waals surface area contributed by atoms with Crippen LogP contribution in [0, 0.1) is 6.92 Å². The van der Waals surface area contributed by atoms with Crippen molar-refractivity contribution in [3.8, 4) is 0 Å². The third-order valence-electron chi connectivity index (χ3n) is 4.82. The van der Waals surface area contributed by atoms with Gasteiger partial charge in [0.05, 0.1) is 30.1 Å². The van der Waals surface area contributed by atoms with Crippen molar-refractivity contribution in [2.24, 2.45) is 0 Å². The number of aliphatic hydroxyl groups excluding tert-OH is 1. The normalized spacial score (nSPS) is 15.6. The molecule has 0 bridgehead atoms. The number of anilines is 1. The number of nitrogens with one attached hydrogen (secondary N) is 2. The average Bonchev–Trinajstić information content (AvgIpc) is 3.12. The maximum absolute atomic E-state index is 12.5. The van der Waals surface area contributed by atoms with Crippen LogP contribution in [0.1, 0.15) is 34.2 Å². The van der Waals surface area contributed by atoms with E-state index in [4.69, 9.17) is 0 Å². The van der Waals surface area contributed by atoms with E-state index in [1.54, 1.807) is 6.07 Å². The van der Waals surface area contributed by atoms with Gasteiger partial charge >= 0.3 is 0 Å². The van der Waals surface area contributed by atoms with Gasteiger partial charge in [-0.3, -0.25) is 9.59 Å². The number of hydrogen-bond donors (Lipinski definition) is 3. The highest BCUT2D eigenvalue weighted by molar-refractivity contribution is 6.00. The summed E-state index contributed by atoms with van der Waals surface area (Å²) in [4.78, 5) is 28.9. The zero-order valence-electron chi connectivity index (χ0n) is 14.9. The second-order valence-electron chi connectivity index (χ2n) is 6.60. The number of carbonyl (C=O) groups excluding carboxylic acids is 2. The first-order valence-corrected chi connectivity index (χ1v) is 8.84. The van der Waals surface area contributed by atoms with Gasteiger partial charge in [0, 0.05) is 17.8 Å². The van der Waals surface area contributed by atoms with Crippen LogP contribution in [0.4, 0.5) is 5.69 Å². The predicted molar refractivity (Wildman–Crippen MR) is 101 cm³/mol. The summed E-state index contributed by atoms with van der Waals surface area (Å²) in [5.74, 6) is 0.491. The van der Waals surface area contributed by atoms with Gasteiger partial charge in [-0.1, -0.05) is 18.2 Å². The lowest BCUT2D eigenvalue weighted by molar-refractivity contribution is -0.116. The molecule has 7 heteroatoms. The fraction of sp³-hybridized carbons (Fsp3) is 0.250. The summed E-state index contributed by atoms with van der Waals surface area (Å²) < 4.78 is 1.94. The molecule has 1 aromatic heterocycles. The fourth-order valence-corrected chi connectivity index (χ4v) is 3.59. The number of aryl methyl sites for hydroxylation is 1. The predicted octanol–water partition coefficient (Wildman–Crippen LogP) is 2.15. The topological polar surface area (TPSA) is 96.3 Å². The standard InChI is InChI=1S/C20H20N4O3/c1-12-21-17-10-13(6-7-18(17)24(12)8-9-25)22-19(26)11-16-14-4-2-3-5-15(14)20(27)23-16/h2-7,10,16,25H,8-9,11H2,1H3,(H,22,26)(H,23,27). The molecular weight excluding hydrogens is 344 g/mol. The summed E-state index contributed by atoms with van der Waals surface area (Å²) in [6.45, 7) is 2.41. The fourth-order valence-electron chi connectivity index (χ4n) is 3.59. The molecule has 0 radical (unpaired) electrons. The van der Waals surface area contributed by atoms with Crippen LogP contribution in [0.2, 0.25) is 0 Å². The zero-order chi connectivity index (χ0) is 19.0. The Morgan fingerprint density at radius 2 is 2.11 bits per heavy atom. The molecule has 3 N–H and O–H groups in total.